The van der Waals surface area contributed by atoms with Crippen LogP contribution in [-0.4, -0.2) is 91.1 Å². The first-order valence-corrected chi connectivity index (χ1v) is 11.0. The highest BCUT2D eigenvalue weighted by Gasteiger charge is 2.24. The van der Waals surface area contributed by atoms with E-state index < -0.39 is 0 Å². The smallest absolute Gasteiger partial charge is 0.236 e. The molecular weight excluding hydrogens is 509 g/mol. The zero-order chi connectivity index (χ0) is 21.3. The predicted molar refractivity (Wildman–Crippen MR) is 133 cm³/mol. The number of phenolic OH excluding ortho intramolecular Hbond substituents is 1. The number of aromatic hydroxyl groups is 1. The van der Waals surface area contributed by atoms with Gasteiger partial charge in [0.25, 0.3) is 0 Å². The van der Waals surface area contributed by atoms with E-state index in [1.807, 2.05) is 24.0 Å². The van der Waals surface area contributed by atoms with Crippen molar-refractivity contribution < 1.29 is 14.6 Å². The minimum absolute atomic E-state index is 0. The number of carbonyl (C=O) groups excluding carboxylic acids is 1. The highest BCUT2D eigenvalue weighted by atomic mass is 127. The molecule has 0 atom stereocenters. The Kier molecular flexibility index (Phi) is 10.7. The van der Waals surface area contributed by atoms with E-state index in [4.69, 9.17) is 9.73 Å². The first-order valence-electron chi connectivity index (χ1n) is 11.0. The van der Waals surface area contributed by atoms with Crippen molar-refractivity contribution in [3.63, 3.8) is 0 Å². The van der Waals surface area contributed by atoms with E-state index in [9.17, 15) is 9.90 Å². The lowest BCUT2D eigenvalue weighted by atomic mass is 10.1. The molecule has 9 heteroatoms. The normalized spacial score (nSPS) is 17.8. The molecule has 1 aromatic carbocycles. The number of hydrogen-bond acceptors (Lipinski definition) is 5. The Morgan fingerprint density at radius 2 is 1.81 bits per heavy atom. The number of piperidine rings is 1. The number of benzene rings is 1. The van der Waals surface area contributed by atoms with Gasteiger partial charge in [-0.2, -0.15) is 0 Å². The Morgan fingerprint density at radius 1 is 1.10 bits per heavy atom. The number of likely N-dealkylation sites (tertiary alicyclic amines) is 1. The quantitative estimate of drug-likeness (QED) is 0.324. The van der Waals surface area contributed by atoms with Gasteiger partial charge in [0.15, 0.2) is 17.5 Å². The van der Waals surface area contributed by atoms with Crippen molar-refractivity contribution in [1.29, 1.82) is 0 Å². The number of piperazine rings is 1. The number of rotatable bonds is 6. The number of amides is 1. The van der Waals surface area contributed by atoms with Gasteiger partial charge in [-0.05, 0) is 32.3 Å². The van der Waals surface area contributed by atoms with Crippen LogP contribution < -0.4 is 10.1 Å². The first-order chi connectivity index (χ1) is 14.6. The number of ether oxygens (including phenoxy) is 1. The molecule has 0 aliphatic carbocycles. The van der Waals surface area contributed by atoms with Crippen molar-refractivity contribution >= 4 is 35.8 Å². The SMILES string of the molecule is CCNC(=NCc1cccc(OC)c1O)N1CCN(CC(=O)N2CCCCC2)CC1.I. The third-order valence-electron chi connectivity index (χ3n) is 5.78. The molecule has 0 unspecified atom stereocenters. The molecule has 2 fully saturated rings. The van der Waals surface area contributed by atoms with Crippen LogP contribution in [0.3, 0.4) is 0 Å². The molecule has 3 rings (SSSR count). The zero-order valence-electron chi connectivity index (χ0n) is 18.7. The van der Waals surface area contributed by atoms with Gasteiger partial charge in [-0.1, -0.05) is 12.1 Å². The Hall–Kier alpha value is -1.75. The molecule has 0 saturated carbocycles. The first kappa shape index (κ1) is 25.5. The summed E-state index contributed by atoms with van der Waals surface area (Å²) in [5.74, 6) is 1.69. The molecule has 0 bridgehead atoms. The lowest BCUT2D eigenvalue weighted by Crippen LogP contribution is -2.54. The van der Waals surface area contributed by atoms with Gasteiger partial charge >= 0.3 is 0 Å². The van der Waals surface area contributed by atoms with Crippen molar-refractivity contribution in [3.8, 4) is 11.5 Å². The van der Waals surface area contributed by atoms with Crippen LogP contribution >= 0.6 is 24.0 Å². The summed E-state index contributed by atoms with van der Waals surface area (Å²) in [5.41, 5.74) is 0.732. The number of carbonyl (C=O) groups is 1. The van der Waals surface area contributed by atoms with E-state index in [-0.39, 0.29) is 35.6 Å². The fourth-order valence-corrected chi connectivity index (χ4v) is 4.00. The summed E-state index contributed by atoms with van der Waals surface area (Å²) < 4.78 is 5.18. The average Bonchev–Trinajstić information content (AvgIpc) is 2.78. The summed E-state index contributed by atoms with van der Waals surface area (Å²) in [4.78, 5) is 23.7. The maximum absolute atomic E-state index is 12.5. The molecule has 0 radical (unpaired) electrons. The van der Waals surface area contributed by atoms with Gasteiger partial charge in [0.05, 0.1) is 20.2 Å². The molecule has 2 saturated heterocycles. The fraction of sp³-hybridized carbons (Fsp3) is 0.636. The van der Waals surface area contributed by atoms with Gasteiger partial charge in [0.1, 0.15) is 0 Å². The highest BCUT2D eigenvalue weighted by Crippen LogP contribution is 2.29. The molecule has 2 aliphatic heterocycles. The second-order valence-electron chi connectivity index (χ2n) is 7.84. The molecule has 2 heterocycles. The van der Waals surface area contributed by atoms with Gasteiger partial charge in [-0.3, -0.25) is 9.69 Å². The number of methoxy groups -OCH3 is 1. The molecule has 0 spiro atoms. The van der Waals surface area contributed by atoms with Gasteiger partial charge < -0.3 is 25.0 Å². The van der Waals surface area contributed by atoms with Crippen molar-refractivity contribution in [2.24, 2.45) is 4.99 Å². The topological polar surface area (TPSA) is 80.6 Å². The molecule has 2 N–H and O–H groups in total. The van der Waals surface area contributed by atoms with Crippen LogP contribution in [0.5, 0.6) is 11.5 Å². The number of phenols is 1. The van der Waals surface area contributed by atoms with Crippen LogP contribution in [0.15, 0.2) is 23.2 Å². The van der Waals surface area contributed by atoms with E-state index >= 15 is 0 Å². The number of hydrogen-bond donors (Lipinski definition) is 2. The van der Waals surface area contributed by atoms with Crippen molar-refractivity contribution in [2.45, 2.75) is 32.7 Å². The Morgan fingerprint density at radius 3 is 2.45 bits per heavy atom. The summed E-state index contributed by atoms with van der Waals surface area (Å²) in [6.45, 7) is 8.86. The van der Waals surface area contributed by atoms with Gasteiger partial charge in [-0.15, -0.1) is 24.0 Å². The van der Waals surface area contributed by atoms with Crippen LogP contribution in [0.25, 0.3) is 0 Å². The van der Waals surface area contributed by atoms with Crippen LogP contribution in [0.2, 0.25) is 0 Å². The molecule has 1 aromatic rings. The summed E-state index contributed by atoms with van der Waals surface area (Å²) in [6, 6.07) is 5.45. The monoisotopic (exact) mass is 545 g/mol. The molecular formula is C22H36IN5O3. The third kappa shape index (κ3) is 7.13. The third-order valence-corrected chi connectivity index (χ3v) is 5.78. The Balaban J connectivity index is 0.00000341. The zero-order valence-corrected chi connectivity index (χ0v) is 21.0. The van der Waals surface area contributed by atoms with Crippen molar-refractivity contribution in [3.05, 3.63) is 23.8 Å². The molecule has 174 valence electrons. The maximum Gasteiger partial charge on any atom is 0.236 e. The van der Waals surface area contributed by atoms with Gasteiger partial charge in [0, 0.05) is 51.4 Å². The van der Waals surface area contributed by atoms with Crippen molar-refractivity contribution in [1.82, 2.24) is 20.0 Å². The number of nitrogens with one attached hydrogen (secondary N) is 1. The Bertz CT molecular complexity index is 732. The van der Waals surface area contributed by atoms with Crippen LogP contribution in [-0.2, 0) is 11.3 Å². The van der Waals surface area contributed by atoms with Crippen molar-refractivity contribution in [2.75, 3.05) is 59.5 Å². The van der Waals surface area contributed by atoms with Crippen LogP contribution in [0, 0.1) is 0 Å². The fourth-order valence-electron chi connectivity index (χ4n) is 4.00. The number of para-hydroxylation sites is 1. The van der Waals surface area contributed by atoms with E-state index in [0.29, 0.717) is 18.8 Å². The summed E-state index contributed by atoms with van der Waals surface area (Å²) >= 11 is 0. The average molecular weight is 545 g/mol. The van der Waals surface area contributed by atoms with E-state index in [1.54, 1.807) is 13.2 Å². The minimum atomic E-state index is 0. The summed E-state index contributed by atoms with van der Waals surface area (Å²) in [7, 11) is 1.54. The van der Waals surface area contributed by atoms with Crippen LogP contribution in [0.1, 0.15) is 31.7 Å². The second-order valence-corrected chi connectivity index (χ2v) is 7.84. The largest absolute Gasteiger partial charge is 0.504 e. The second kappa shape index (κ2) is 12.9. The number of nitrogens with zero attached hydrogens (tertiary/aromatic N) is 4. The molecule has 1 amide bonds. The lowest BCUT2D eigenvalue weighted by molar-refractivity contribution is -0.133. The minimum Gasteiger partial charge on any atom is -0.504 e. The number of guanidine groups is 1. The Labute approximate surface area is 202 Å². The standard InChI is InChI=1S/C22H35N5O3.HI/c1-3-23-22(24-16-18-8-7-9-19(30-2)21(18)29)27-14-12-25(13-15-27)17-20(28)26-10-5-4-6-11-26;/h7-9,29H,3-6,10-17H2,1-2H3,(H,23,24);1H. The summed E-state index contributed by atoms with van der Waals surface area (Å²) in [6.07, 6.45) is 3.50. The number of aliphatic imine (C=N–C) groups is 1. The van der Waals surface area contributed by atoms with E-state index in [2.05, 4.69) is 15.1 Å². The van der Waals surface area contributed by atoms with Gasteiger partial charge in [-0.25, -0.2) is 4.99 Å². The summed E-state index contributed by atoms with van der Waals surface area (Å²) in [5, 5.41) is 13.6. The van der Waals surface area contributed by atoms with Gasteiger partial charge in [0.2, 0.25) is 5.91 Å². The molecule has 2 aliphatic rings. The van der Waals surface area contributed by atoms with E-state index in [0.717, 1.165) is 70.2 Å². The molecule has 8 nitrogen and oxygen atoms in total. The number of halogens is 1. The van der Waals surface area contributed by atoms with Crippen LogP contribution in [0.4, 0.5) is 0 Å². The lowest BCUT2D eigenvalue weighted by Gasteiger charge is -2.37. The molecule has 0 aromatic heterocycles. The predicted octanol–water partition coefficient (Wildman–Crippen LogP) is 2.11. The highest BCUT2D eigenvalue weighted by molar-refractivity contribution is 14.0. The van der Waals surface area contributed by atoms with E-state index in [1.165, 1.54) is 6.42 Å². The maximum atomic E-state index is 12.5. The molecule has 31 heavy (non-hydrogen) atoms.